The van der Waals surface area contributed by atoms with E-state index in [1.54, 1.807) is 9.80 Å². The minimum absolute atomic E-state index is 0.000569. The van der Waals surface area contributed by atoms with Crippen LogP contribution in [0.15, 0.2) is 60.7 Å². The van der Waals surface area contributed by atoms with Crippen molar-refractivity contribution in [3.8, 4) is 0 Å². The average molecular weight is 573 g/mol. The van der Waals surface area contributed by atoms with Crippen LogP contribution in [0.5, 0.6) is 0 Å². The number of benzene rings is 3. The molecule has 7 nitrogen and oxygen atoms in total. The van der Waals surface area contributed by atoms with Crippen molar-refractivity contribution in [1.82, 2.24) is 4.90 Å². The second-order valence-electron chi connectivity index (χ2n) is 12.5. The molecular formula is C33H40N2O5Si. The summed E-state index contributed by atoms with van der Waals surface area (Å²) in [6.07, 6.45) is 3.26. The molecule has 0 radical (unpaired) electrons. The molecule has 3 aliphatic rings. The molecule has 2 fully saturated rings. The number of amides is 2. The van der Waals surface area contributed by atoms with Crippen LogP contribution in [-0.2, 0) is 16.0 Å². The monoisotopic (exact) mass is 572 g/mol. The number of aliphatic hydroxyl groups excluding tert-OH is 1. The van der Waals surface area contributed by atoms with E-state index in [0.29, 0.717) is 6.54 Å². The second kappa shape index (κ2) is 11.0. The lowest BCUT2D eigenvalue weighted by atomic mass is 9.95. The number of ether oxygens (including phenoxy) is 1. The Balaban J connectivity index is 1.13. The Hall–Kier alpha value is -3.04. The Morgan fingerprint density at radius 1 is 1.05 bits per heavy atom. The summed E-state index contributed by atoms with van der Waals surface area (Å²) >= 11 is 0. The van der Waals surface area contributed by atoms with Crippen molar-refractivity contribution in [2.75, 3.05) is 18.1 Å². The third kappa shape index (κ3) is 5.12. The van der Waals surface area contributed by atoms with E-state index in [-0.39, 0.29) is 54.6 Å². The quantitative estimate of drug-likeness (QED) is 0.353. The van der Waals surface area contributed by atoms with Gasteiger partial charge in [0.25, 0.3) is 5.91 Å². The molecular weight excluding hydrogens is 532 g/mol. The first kappa shape index (κ1) is 28.1. The van der Waals surface area contributed by atoms with E-state index in [9.17, 15) is 19.5 Å². The van der Waals surface area contributed by atoms with Crippen molar-refractivity contribution in [2.24, 2.45) is 5.92 Å². The van der Waals surface area contributed by atoms with Crippen molar-refractivity contribution >= 4 is 42.3 Å². The number of anilines is 2. The van der Waals surface area contributed by atoms with E-state index >= 15 is 0 Å². The molecule has 3 heterocycles. The van der Waals surface area contributed by atoms with Crippen molar-refractivity contribution < 1.29 is 24.2 Å². The first-order valence-corrected chi connectivity index (χ1v) is 17.9. The summed E-state index contributed by atoms with van der Waals surface area (Å²) in [5.74, 6) is 0.166. The van der Waals surface area contributed by atoms with Gasteiger partial charge in [-0.1, -0.05) is 43.3 Å². The molecule has 0 spiro atoms. The molecule has 6 rings (SSSR count). The zero-order valence-corrected chi connectivity index (χ0v) is 25.1. The van der Waals surface area contributed by atoms with E-state index in [1.165, 1.54) is 0 Å². The number of likely N-dealkylation sites (tertiary alicyclic amines) is 1. The van der Waals surface area contributed by atoms with Crippen LogP contribution in [-0.4, -0.2) is 66.3 Å². The lowest BCUT2D eigenvalue weighted by Gasteiger charge is -2.31. The smallest absolute Gasteiger partial charge is 0.263 e. The normalized spacial score (nSPS) is 26.0. The minimum Gasteiger partial charge on any atom is -0.432 e. The lowest BCUT2D eigenvalue weighted by Crippen LogP contribution is -2.43. The third-order valence-corrected chi connectivity index (χ3v) is 12.0. The van der Waals surface area contributed by atoms with Crippen LogP contribution in [0.4, 0.5) is 11.4 Å². The highest BCUT2D eigenvalue weighted by atomic mass is 28.4. The summed E-state index contributed by atoms with van der Waals surface area (Å²) in [4.78, 5) is 41.2. The molecule has 0 saturated carbocycles. The topological polar surface area (TPSA) is 90.3 Å². The fourth-order valence-corrected chi connectivity index (χ4v) is 10.2. The first-order chi connectivity index (χ1) is 19.7. The fraction of sp³-hybridized carbons (Fsp3) is 0.455. The first-order valence-electron chi connectivity index (χ1n) is 14.9. The van der Waals surface area contributed by atoms with Crippen LogP contribution in [0.2, 0.25) is 18.6 Å². The third-order valence-electron chi connectivity index (χ3n) is 9.47. The maximum atomic E-state index is 13.3. The predicted molar refractivity (Wildman–Crippen MR) is 163 cm³/mol. The molecule has 5 atom stereocenters. The number of nitrogens with zero attached hydrogens (tertiary/aromatic N) is 2. The largest absolute Gasteiger partial charge is 0.432 e. The standard InChI is InChI=1S/C33H40N2O5Si/c1-21-28(40-29(32(21)41(2,3)39)19-30(37)34-18-6-9-25(34)20-36)17-14-22-12-15-24(16-13-22)35-27-11-5-8-23-7-4-10-26(31(23)27)33(35)38/h4-5,7-8,10-13,15-16,21,25,28-29,32,36,39H,6,9,14,17-20H2,1-3H3/t21-,25+,28+,29-,32+/m1/s1. The number of hydrogen-bond acceptors (Lipinski definition) is 5. The molecule has 216 valence electrons. The second-order valence-corrected chi connectivity index (χ2v) is 16.5. The van der Waals surface area contributed by atoms with Gasteiger partial charge in [-0.25, -0.2) is 0 Å². The fourth-order valence-electron chi connectivity index (χ4n) is 7.54. The van der Waals surface area contributed by atoms with Gasteiger partial charge >= 0.3 is 0 Å². The highest BCUT2D eigenvalue weighted by Crippen LogP contribution is 2.46. The van der Waals surface area contributed by atoms with Crippen LogP contribution in [0.3, 0.4) is 0 Å². The number of carbonyl (C=O) groups excluding carboxylic acids is 2. The molecule has 0 unspecified atom stereocenters. The van der Waals surface area contributed by atoms with E-state index in [0.717, 1.165) is 59.0 Å². The SMILES string of the molecule is C[C@H]1[C@H]([Si](C)(C)O)[C@@H](CC(=O)N2CCC[C@H]2CO)O[C@H]1CCc1ccc(N2C(=O)c3cccc4cccc2c34)cc1. The molecule has 41 heavy (non-hydrogen) atoms. The summed E-state index contributed by atoms with van der Waals surface area (Å²) in [5.41, 5.74) is 3.64. The highest BCUT2D eigenvalue weighted by molar-refractivity contribution is 6.71. The molecule has 2 saturated heterocycles. The zero-order chi connectivity index (χ0) is 28.9. The van der Waals surface area contributed by atoms with Gasteiger partial charge < -0.3 is 19.5 Å². The van der Waals surface area contributed by atoms with Crippen LogP contribution in [0.25, 0.3) is 10.8 Å². The minimum atomic E-state index is -2.59. The predicted octanol–water partition coefficient (Wildman–Crippen LogP) is 5.41. The van der Waals surface area contributed by atoms with Gasteiger partial charge in [0.1, 0.15) is 0 Å². The van der Waals surface area contributed by atoms with Crippen molar-refractivity contribution in [3.05, 3.63) is 71.8 Å². The lowest BCUT2D eigenvalue weighted by molar-refractivity contribution is -0.135. The van der Waals surface area contributed by atoms with Gasteiger partial charge in [0.05, 0.1) is 42.5 Å². The van der Waals surface area contributed by atoms with E-state index in [4.69, 9.17) is 4.74 Å². The number of aryl methyl sites for hydroxylation is 1. The van der Waals surface area contributed by atoms with E-state index < -0.39 is 8.32 Å². The van der Waals surface area contributed by atoms with Gasteiger partial charge in [-0.15, -0.1) is 0 Å². The van der Waals surface area contributed by atoms with E-state index in [1.807, 2.05) is 61.6 Å². The van der Waals surface area contributed by atoms with Crippen LogP contribution in [0, 0.1) is 5.92 Å². The van der Waals surface area contributed by atoms with E-state index in [2.05, 4.69) is 19.1 Å². The summed E-state index contributed by atoms with van der Waals surface area (Å²) < 4.78 is 6.53. The summed E-state index contributed by atoms with van der Waals surface area (Å²) in [6, 6.07) is 20.0. The molecule has 8 heteroatoms. The summed E-state index contributed by atoms with van der Waals surface area (Å²) in [5, 5.41) is 11.8. The van der Waals surface area contributed by atoms with Gasteiger partial charge in [0.15, 0.2) is 8.32 Å². The number of rotatable bonds is 8. The van der Waals surface area contributed by atoms with Crippen LogP contribution < -0.4 is 4.90 Å². The zero-order valence-electron chi connectivity index (χ0n) is 24.1. The Kier molecular flexibility index (Phi) is 7.53. The van der Waals surface area contributed by atoms with Crippen LogP contribution in [0.1, 0.15) is 48.5 Å². The molecule has 3 aromatic carbocycles. The van der Waals surface area contributed by atoms with Gasteiger partial charge in [0.2, 0.25) is 5.91 Å². The molecule has 3 aliphatic heterocycles. The Morgan fingerprint density at radius 2 is 1.78 bits per heavy atom. The Labute approximate surface area is 242 Å². The van der Waals surface area contributed by atoms with Gasteiger partial charge in [-0.05, 0) is 79.9 Å². The molecule has 2 N–H and O–H groups in total. The van der Waals surface area contributed by atoms with Gasteiger partial charge in [-0.3, -0.25) is 14.5 Å². The Bertz CT molecular complexity index is 1450. The number of hydrogen-bond donors (Lipinski definition) is 2. The molecule has 3 aromatic rings. The number of aliphatic hydroxyl groups is 1. The molecule has 0 aromatic heterocycles. The van der Waals surface area contributed by atoms with Gasteiger partial charge in [0, 0.05) is 23.2 Å². The Morgan fingerprint density at radius 3 is 2.49 bits per heavy atom. The van der Waals surface area contributed by atoms with Crippen molar-refractivity contribution in [1.29, 1.82) is 0 Å². The number of carbonyl (C=O) groups is 2. The summed E-state index contributed by atoms with van der Waals surface area (Å²) in [6.45, 7) is 6.72. The summed E-state index contributed by atoms with van der Waals surface area (Å²) in [7, 11) is -2.59. The highest BCUT2D eigenvalue weighted by Gasteiger charge is 2.50. The molecule has 0 aliphatic carbocycles. The van der Waals surface area contributed by atoms with Gasteiger partial charge in [-0.2, -0.15) is 0 Å². The molecule has 0 bridgehead atoms. The van der Waals surface area contributed by atoms with Crippen molar-refractivity contribution in [2.45, 2.75) is 75.9 Å². The van der Waals surface area contributed by atoms with Crippen LogP contribution >= 0.6 is 0 Å². The van der Waals surface area contributed by atoms with Crippen molar-refractivity contribution in [3.63, 3.8) is 0 Å². The maximum absolute atomic E-state index is 13.3. The molecule has 2 amide bonds. The average Bonchev–Trinajstić information content (AvgIpc) is 3.63. The maximum Gasteiger partial charge on any atom is 0.263 e.